The molecular formula is C11H14N4O. The lowest BCUT2D eigenvalue weighted by Crippen LogP contribution is -2.05. The number of aryl methyl sites for hydroxylation is 2. The van der Waals surface area contributed by atoms with Gasteiger partial charge in [-0.05, 0) is 18.6 Å². The Labute approximate surface area is 93.9 Å². The number of anilines is 1. The number of aromatic nitrogens is 3. The van der Waals surface area contributed by atoms with E-state index in [-0.39, 0.29) is 0 Å². The molecule has 16 heavy (non-hydrogen) atoms. The van der Waals surface area contributed by atoms with E-state index >= 15 is 0 Å². The van der Waals surface area contributed by atoms with E-state index in [1.807, 2.05) is 32.2 Å². The highest BCUT2D eigenvalue weighted by atomic mass is 16.5. The van der Waals surface area contributed by atoms with Crippen LogP contribution in [0, 0.1) is 6.92 Å². The molecule has 0 saturated heterocycles. The summed E-state index contributed by atoms with van der Waals surface area (Å²) in [6.07, 6.45) is 1.50. The second-order valence-electron chi connectivity index (χ2n) is 3.61. The highest BCUT2D eigenvalue weighted by molar-refractivity contribution is 5.47. The highest BCUT2D eigenvalue weighted by Gasteiger charge is 2.04. The number of benzene rings is 1. The third-order valence-electron chi connectivity index (χ3n) is 2.37. The van der Waals surface area contributed by atoms with Gasteiger partial charge in [0.15, 0.2) is 5.82 Å². The average molecular weight is 218 g/mol. The molecule has 2 aromatic rings. The molecule has 0 unspecified atom stereocenters. The van der Waals surface area contributed by atoms with Crippen LogP contribution in [0.5, 0.6) is 5.75 Å². The maximum atomic E-state index is 5.69. The molecule has 1 aromatic heterocycles. The number of hydrogen-bond donors (Lipinski definition) is 1. The molecule has 0 fully saturated rings. The van der Waals surface area contributed by atoms with Crippen LogP contribution in [0.3, 0.4) is 0 Å². The Morgan fingerprint density at radius 3 is 2.94 bits per heavy atom. The minimum Gasteiger partial charge on any atom is -0.485 e. The first kappa shape index (κ1) is 10.5. The van der Waals surface area contributed by atoms with E-state index in [9.17, 15) is 0 Å². The summed E-state index contributed by atoms with van der Waals surface area (Å²) in [5.41, 5.74) is 7.44. The summed E-state index contributed by atoms with van der Waals surface area (Å²) in [5.74, 6) is 1.56. The molecule has 2 N–H and O–H groups in total. The standard InChI is InChI=1S/C11H14N4O/c1-8-3-4-9(12)5-10(8)16-6-11-13-7-14-15(11)2/h3-5,7H,6,12H2,1-2H3. The number of hydrogen-bond acceptors (Lipinski definition) is 4. The minimum atomic E-state index is 0.390. The van der Waals surface area contributed by atoms with E-state index in [0.717, 1.165) is 17.1 Å². The first-order valence-electron chi connectivity index (χ1n) is 4.98. The lowest BCUT2D eigenvalue weighted by molar-refractivity contribution is 0.288. The van der Waals surface area contributed by atoms with Crippen LogP contribution in [0.4, 0.5) is 5.69 Å². The second kappa shape index (κ2) is 4.22. The third kappa shape index (κ3) is 2.13. The van der Waals surface area contributed by atoms with Gasteiger partial charge in [-0.2, -0.15) is 5.10 Å². The Balaban J connectivity index is 2.10. The minimum absolute atomic E-state index is 0.390. The summed E-state index contributed by atoms with van der Waals surface area (Å²) in [5, 5.41) is 3.97. The number of nitrogens with two attached hydrogens (primary N) is 1. The molecule has 5 nitrogen and oxygen atoms in total. The molecule has 1 aromatic carbocycles. The Hall–Kier alpha value is -2.04. The van der Waals surface area contributed by atoms with E-state index in [1.54, 1.807) is 4.68 Å². The van der Waals surface area contributed by atoms with Crippen molar-refractivity contribution in [1.29, 1.82) is 0 Å². The fourth-order valence-electron chi connectivity index (χ4n) is 1.37. The van der Waals surface area contributed by atoms with Crippen LogP contribution >= 0.6 is 0 Å². The molecule has 5 heteroatoms. The summed E-state index contributed by atoms with van der Waals surface area (Å²) < 4.78 is 7.32. The zero-order valence-corrected chi connectivity index (χ0v) is 9.34. The van der Waals surface area contributed by atoms with E-state index in [2.05, 4.69) is 10.1 Å². The van der Waals surface area contributed by atoms with Crippen LogP contribution in [0.1, 0.15) is 11.4 Å². The molecule has 0 bridgehead atoms. The predicted octanol–water partition coefficient (Wildman–Crippen LogP) is 1.28. The predicted molar refractivity (Wildman–Crippen MR) is 60.9 cm³/mol. The van der Waals surface area contributed by atoms with Crippen molar-refractivity contribution in [2.75, 3.05) is 5.73 Å². The Morgan fingerprint density at radius 1 is 1.44 bits per heavy atom. The van der Waals surface area contributed by atoms with Crippen LogP contribution in [0.15, 0.2) is 24.5 Å². The van der Waals surface area contributed by atoms with E-state index in [1.165, 1.54) is 6.33 Å². The maximum absolute atomic E-state index is 5.69. The summed E-state index contributed by atoms with van der Waals surface area (Å²) in [4.78, 5) is 4.08. The van der Waals surface area contributed by atoms with Gasteiger partial charge in [-0.15, -0.1) is 0 Å². The van der Waals surface area contributed by atoms with Gasteiger partial charge in [-0.25, -0.2) is 4.98 Å². The van der Waals surface area contributed by atoms with Crippen molar-refractivity contribution in [2.45, 2.75) is 13.5 Å². The molecule has 0 atom stereocenters. The Bertz CT molecular complexity index is 492. The molecule has 0 saturated carbocycles. The SMILES string of the molecule is Cc1ccc(N)cc1OCc1ncnn1C. The zero-order chi connectivity index (χ0) is 11.5. The molecule has 0 radical (unpaired) electrons. The Morgan fingerprint density at radius 2 is 2.25 bits per heavy atom. The van der Waals surface area contributed by atoms with Gasteiger partial charge in [0.2, 0.25) is 0 Å². The van der Waals surface area contributed by atoms with E-state index in [0.29, 0.717) is 12.3 Å². The summed E-state index contributed by atoms with van der Waals surface area (Å²) in [6.45, 7) is 2.37. The van der Waals surface area contributed by atoms with Gasteiger partial charge >= 0.3 is 0 Å². The number of nitrogens with zero attached hydrogens (tertiary/aromatic N) is 3. The number of rotatable bonds is 3. The van der Waals surface area contributed by atoms with Crippen molar-refractivity contribution in [3.05, 3.63) is 35.9 Å². The molecule has 1 heterocycles. The van der Waals surface area contributed by atoms with E-state index in [4.69, 9.17) is 10.5 Å². The van der Waals surface area contributed by atoms with Crippen LogP contribution in [0.25, 0.3) is 0 Å². The lowest BCUT2D eigenvalue weighted by Gasteiger charge is -2.09. The molecule has 0 spiro atoms. The molecule has 0 amide bonds. The molecule has 2 rings (SSSR count). The third-order valence-corrected chi connectivity index (χ3v) is 2.37. The molecular weight excluding hydrogens is 204 g/mol. The fraction of sp³-hybridized carbons (Fsp3) is 0.273. The van der Waals surface area contributed by atoms with Crippen LogP contribution in [-0.4, -0.2) is 14.8 Å². The first-order valence-corrected chi connectivity index (χ1v) is 4.98. The van der Waals surface area contributed by atoms with Crippen LogP contribution in [-0.2, 0) is 13.7 Å². The second-order valence-corrected chi connectivity index (χ2v) is 3.61. The molecule has 0 aliphatic carbocycles. The zero-order valence-electron chi connectivity index (χ0n) is 9.34. The highest BCUT2D eigenvalue weighted by Crippen LogP contribution is 2.21. The smallest absolute Gasteiger partial charge is 0.164 e. The number of nitrogen functional groups attached to an aromatic ring is 1. The van der Waals surface area contributed by atoms with Crippen molar-refractivity contribution in [3.63, 3.8) is 0 Å². The summed E-state index contributed by atoms with van der Waals surface area (Å²) >= 11 is 0. The van der Waals surface area contributed by atoms with Crippen LogP contribution < -0.4 is 10.5 Å². The average Bonchev–Trinajstić information content (AvgIpc) is 2.66. The van der Waals surface area contributed by atoms with Gasteiger partial charge in [-0.1, -0.05) is 6.07 Å². The van der Waals surface area contributed by atoms with Crippen molar-refractivity contribution in [2.24, 2.45) is 7.05 Å². The quantitative estimate of drug-likeness (QED) is 0.788. The van der Waals surface area contributed by atoms with E-state index < -0.39 is 0 Å². The Kier molecular flexibility index (Phi) is 2.76. The van der Waals surface area contributed by atoms with Crippen molar-refractivity contribution in [1.82, 2.24) is 14.8 Å². The lowest BCUT2D eigenvalue weighted by atomic mass is 10.2. The van der Waals surface area contributed by atoms with Crippen molar-refractivity contribution < 1.29 is 4.74 Å². The van der Waals surface area contributed by atoms with Gasteiger partial charge < -0.3 is 10.5 Å². The molecule has 84 valence electrons. The van der Waals surface area contributed by atoms with Crippen molar-refractivity contribution >= 4 is 5.69 Å². The van der Waals surface area contributed by atoms with Gasteiger partial charge in [-0.3, -0.25) is 4.68 Å². The van der Waals surface area contributed by atoms with Gasteiger partial charge in [0.05, 0.1) is 0 Å². The van der Waals surface area contributed by atoms with Crippen molar-refractivity contribution in [3.8, 4) is 5.75 Å². The largest absolute Gasteiger partial charge is 0.485 e. The topological polar surface area (TPSA) is 66.0 Å². The number of ether oxygens (including phenoxy) is 1. The maximum Gasteiger partial charge on any atom is 0.164 e. The molecule has 0 aliphatic heterocycles. The van der Waals surface area contributed by atoms with Crippen LogP contribution in [0.2, 0.25) is 0 Å². The van der Waals surface area contributed by atoms with Gasteiger partial charge in [0, 0.05) is 18.8 Å². The first-order chi connectivity index (χ1) is 7.66. The molecule has 0 aliphatic rings. The van der Waals surface area contributed by atoms with Gasteiger partial charge in [0.25, 0.3) is 0 Å². The monoisotopic (exact) mass is 218 g/mol. The summed E-state index contributed by atoms with van der Waals surface area (Å²) in [7, 11) is 1.83. The summed E-state index contributed by atoms with van der Waals surface area (Å²) in [6, 6.07) is 5.59. The normalized spacial score (nSPS) is 10.4. The fourth-order valence-corrected chi connectivity index (χ4v) is 1.37. The van der Waals surface area contributed by atoms with Gasteiger partial charge in [0.1, 0.15) is 18.7 Å².